The molecule has 2 aliphatic heterocycles. The maximum absolute atomic E-state index is 13.9. The summed E-state index contributed by atoms with van der Waals surface area (Å²) in [6, 6.07) is 17.8. The minimum Gasteiger partial charge on any atom is -0.374 e. The van der Waals surface area contributed by atoms with Crippen LogP contribution in [-0.2, 0) is 32.1 Å². The van der Waals surface area contributed by atoms with Gasteiger partial charge in [0.15, 0.2) is 5.78 Å². The van der Waals surface area contributed by atoms with Gasteiger partial charge in [-0.3, -0.25) is 14.4 Å². The first kappa shape index (κ1) is 27.6. The standard InChI is InChI=1S/C29H37N5O4/c1-4-34-27(37)29(15-20-11-7-5-8-12-20)16-22(31-17-24(29)33-34)25(35)23(32-26(36)28(2,3)30)19-38-18-21-13-9-6-10-14-21/h5-14,22-23,31H,4,15-19,30H2,1-3H3,(H,32,36)/t22?,23-,29+/m1/s1. The zero-order valence-electron chi connectivity index (χ0n) is 22.3. The van der Waals surface area contributed by atoms with Crippen molar-refractivity contribution in [2.24, 2.45) is 16.3 Å². The number of rotatable bonds is 11. The topological polar surface area (TPSA) is 126 Å². The number of ketones is 1. The van der Waals surface area contributed by atoms with Crippen molar-refractivity contribution in [2.45, 2.75) is 57.8 Å². The molecule has 2 aliphatic rings. The van der Waals surface area contributed by atoms with E-state index in [-0.39, 0.29) is 24.7 Å². The van der Waals surface area contributed by atoms with E-state index in [1.54, 1.807) is 13.8 Å². The summed E-state index contributed by atoms with van der Waals surface area (Å²) in [5.74, 6) is -0.794. The third-order valence-corrected chi connectivity index (χ3v) is 7.13. The number of fused-ring (bicyclic) bond motifs is 1. The van der Waals surface area contributed by atoms with Crippen LogP contribution < -0.4 is 16.4 Å². The fourth-order valence-electron chi connectivity index (χ4n) is 4.97. The molecule has 2 aromatic rings. The van der Waals surface area contributed by atoms with Gasteiger partial charge in [-0.1, -0.05) is 60.7 Å². The van der Waals surface area contributed by atoms with Crippen LogP contribution in [0.1, 0.15) is 38.3 Å². The lowest BCUT2D eigenvalue weighted by Gasteiger charge is -2.38. The summed E-state index contributed by atoms with van der Waals surface area (Å²) >= 11 is 0. The summed E-state index contributed by atoms with van der Waals surface area (Å²) in [5.41, 5.74) is 6.61. The van der Waals surface area contributed by atoms with E-state index in [0.29, 0.717) is 26.1 Å². The number of Topliss-reactive ketones (excluding diaryl/α,β-unsaturated/α-hetero) is 1. The number of carbonyl (C=O) groups is 3. The Morgan fingerprint density at radius 2 is 1.79 bits per heavy atom. The second-order valence-corrected chi connectivity index (χ2v) is 10.6. The molecule has 0 aromatic heterocycles. The maximum Gasteiger partial charge on any atom is 0.255 e. The molecular weight excluding hydrogens is 482 g/mol. The molecule has 0 saturated carbocycles. The molecule has 2 amide bonds. The van der Waals surface area contributed by atoms with Gasteiger partial charge in [0.2, 0.25) is 5.91 Å². The van der Waals surface area contributed by atoms with Crippen LogP contribution in [0.5, 0.6) is 0 Å². The third kappa shape index (κ3) is 6.01. The Labute approximate surface area is 223 Å². The number of hydrazone groups is 1. The van der Waals surface area contributed by atoms with Crippen molar-refractivity contribution < 1.29 is 19.1 Å². The van der Waals surface area contributed by atoms with Crippen molar-refractivity contribution in [1.82, 2.24) is 15.6 Å². The normalized spacial score (nSPS) is 22.0. The van der Waals surface area contributed by atoms with Crippen LogP contribution in [0, 0.1) is 5.41 Å². The predicted octanol–water partition coefficient (Wildman–Crippen LogP) is 1.80. The van der Waals surface area contributed by atoms with Gasteiger partial charge in [0.1, 0.15) is 6.04 Å². The van der Waals surface area contributed by atoms with Gasteiger partial charge in [-0.2, -0.15) is 5.10 Å². The van der Waals surface area contributed by atoms with Crippen LogP contribution in [0.15, 0.2) is 65.8 Å². The lowest BCUT2D eigenvalue weighted by atomic mass is 9.69. The Morgan fingerprint density at radius 3 is 2.39 bits per heavy atom. The summed E-state index contributed by atoms with van der Waals surface area (Å²) in [7, 11) is 0. The molecule has 1 unspecified atom stereocenters. The monoisotopic (exact) mass is 519 g/mol. The van der Waals surface area contributed by atoms with E-state index < -0.39 is 28.9 Å². The van der Waals surface area contributed by atoms with Crippen molar-refractivity contribution in [3.63, 3.8) is 0 Å². The van der Waals surface area contributed by atoms with E-state index in [9.17, 15) is 14.4 Å². The number of carbonyl (C=O) groups excluding carboxylic acids is 3. The predicted molar refractivity (Wildman–Crippen MR) is 145 cm³/mol. The molecule has 0 bridgehead atoms. The largest absolute Gasteiger partial charge is 0.374 e. The number of benzene rings is 2. The first-order chi connectivity index (χ1) is 18.1. The molecule has 2 aromatic carbocycles. The summed E-state index contributed by atoms with van der Waals surface area (Å²) in [6.45, 7) is 6.09. The molecule has 4 N–H and O–H groups in total. The molecular formula is C29H37N5O4. The molecule has 202 valence electrons. The van der Waals surface area contributed by atoms with Crippen LogP contribution in [-0.4, -0.2) is 65.6 Å². The number of hydrogen-bond donors (Lipinski definition) is 3. The first-order valence-electron chi connectivity index (χ1n) is 13.1. The number of amides is 2. The Balaban J connectivity index is 1.56. The van der Waals surface area contributed by atoms with E-state index in [4.69, 9.17) is 10.5 Å². The van der Waals surface area contributed by atoms with Crippen molar-refractivity contribution in [3.8, 4) is 0 Å². The molecule has 1 fully saturated rings. The zero-order valence-corrected chi connectivity index (χ0v) is 22.3. The molecule has 4 rings (SSSR count). The highest BCUT2D eigenvalue weighted by Gasteiger charge is 2.55. The van der Waals surface area contributed by atoms with Gasteiger partial charge in [-0.05, 0) is 44.7 Å². The van der Waals surface area contributed by atoms with E-state index >= 15 is 0 Å². The van der Waals surface area contributed by atoms with Crippen molar-refractivity contribution in [2.75, 3.05) is 19.7 Å². The number of piperidine rings is 1. The third-order valence-electron chi connectivity index (χ3n) is 7.13. The van der Waals surface area contributed by atoms with E-state index in [0.717, 1.165) is 16.8 Å². The molecule has 0 aliphatic carbocycles. The first-order valence-corrected chi connectivity index (χ1v) is 13.1. The van der Waals surface area contributed by atoms with E-state index in [2.05, 4.69) is 15.7 Å². The van der Waals surface area contributed by atoms with Crippen LogP contribution in [0.25, 0.3) is 0 Å². The highest BCUT2D eigenvalue weighted by Crippen LogP contribution is 2.40. The van der Waals surface area contributed by atoms with E-state index in [1.165, 1.54) is 5.01 Å². The number of hydrogen-bond acceptors (Lipinski definition) is 7. The molecule has 0 radical (unpaired) electrons. The Hall–Kier alpha value is -3.40. The van der Waals surface area contributed by atoms with Gasteiger partial charge < -0.3 is 21.1 Å². The lowest BCUT2D eigenvalue weighted by molar-refractivity contribution is -0.138. The SMILES string of the molecule is CCN1N=C2CNC(C(=O)[C@@H](COCc3ccccc3)NC(=O)C(C)(C)N)C[C@]2(Cc2ccccc2)C1=O. The number of nitrogens with zero attached hydrogens (tertiary/aromatic N) is 2. The Morgan fingerprint density at radius 1 is 1.16 bits per heavy atom. The molecule has 38 heavy (non-hydrogen) atoms. The van der Waals surface area contributed by atoms with Crippen molar-refractivity contribution >= 4 is 23.3 Å². The van der Waals surface area contributed by atoms with Crippen LogP contribution in [0.4, 0.5) is 0 Å². The molecule has 1 saturated heterocycles. The Bertz CT molecular complexity index is 1180. The van der Waals surface area contributed by atoms with Crippen LogP contribution >= 0.6 is 0 Å². The Kier molecular flexibility index (Phi) is 8.40. The highest BCUT2D eigenvalue weighted by atomic mass is 16.5. The second-order valence-electron chi connectivity index (χ2n) is 10.6. The highest BCUT2D eigenvalue weighted by molar-refractivity contribution is 6.14. The fraction of sp³-hybridized carbons (Fsp3) is 0.448. The minimum atomic E-state index is -1.17. The van der Waals surface area contributed by atoms with Crippen molar-refractivity contribution in [1.29, 1.82) is 0 Å². The van der Waals surface area contributed by atoms with Gasteiger partial charge in [-0.25, -0.2) is 5.01 Å². The van der Waals surface area contributed by atoms with Gasteiger partial charge in [0, 0.05) is 13.1 Å². The van der Waals surface area contributed by atoms with Gasteiger partial charge >= 0.3 is 0 Å². The average Bonchev–Trinajstić information content (AvgIpc) is 3.18. The quantitative estimate of drug-likeness (QED) is 0.416. The zero-order chi connectivity index (χ0) is 27.3. The van der Waals surface area contributed by atoms with Crippen LogP contribution in [0.2, 0.25) is 0 Å². The van der Waals surface area contributed by atoms with Crippen LogP contribution in [0.3, 0.4) is 0 Å². The van der Waals surface area contributed by atoms with Gasteiger partial charge in [0.25, 0.3) is 5.91 Å². The summed E-state index contributed by atoms with van der Waals surface area (Å²) < 4.78 is 5.87. The number of ether oxygens (including phenoxy) is 1. The van der Waals surface area contributed by atoms with Crippen molar-refractivity contribution in [3.05, 3.63) is 71.8 Å². The average molecular weight is 520 g/mol. The number of nitrogens with one attached hydrogen (secondary N) is 2. The van der Waals surface area contributed by atoms with Gasteiger partial charge in [0.05, 0.1) is 35.9 Å². The maximum atomic E-state index is 13.9. The smallest absolute Gasteiger partial charge is 0.255 e. The minimum absolute atomic E-state index is 0.0185. The summed E-state index contributed by atoms with van der Waals surface area (Å²) in [4.78, 5) is 40.3. The summed E-state index contributed by atoms with van der Waals surface area (Å²) in [5, 5.41) is 12.1. The molecule has 3 atom stereocenters. The molecule has 2 heterocycles. The van der Waals surface area contributed by atoms with E-state index in [1.807, 2.05) is 67.6 Å². The number of nitrogens with two attached hydrogens (primary N) is 1. The lowest BCUT2D eigenvalue weighted by Crippen LogP contribution is -2.62. The molecule has 9 nitrogen and oxygen atoms in total. The second kappa shape index (κ2) is 11.6. The fourth-order valence-corrected chi connectivity index (χ4v) is 4.97. The van der Waals surface area contributed by atoms with Gasteiger partial charge in [-0.15, -0.1) is 0 Å². The molecule has 9 heteroatoms. The summed E-state index contributed by atoms with van der Waals surface area (Å²) in [6.07, 6.45) is 0.691. The molecule has 0 spiro atoms.